The molecule has 0 aliphatic carbocycles. The number of carboxylic acids is 1. The van der Waals surface area contributed by atoms with Crippen LogP contribution in [0.1, 0.15) is 6.92 Å². The Balaban J connectivity index is 2.55. The number of hydrogen-bond acceptors (Lipinski definition) is 4. The second-order valence-corrected chi connectivity index (χ2v) is 3.62. The number of rotatable bonds is 6. The van der Waals surface area contributed by atoms with Crippen molar-refractivity contribution in [1.29, 1.82) is 0 Å². The molecule has 7 nitrogen and oxygen atoms in total. The first kappa shape index (κ1) is 14.8. The Bertz CT molecular complexity index is 450. The first-order valence-electron chi connectivity index (χ1n) is 5.72. The Morgan fingerprint density at radius 1 is 1.37 bits per heavy atom. The van der Waals surface area contributed by atoms with Crippen molar-refractivity contribution in [3.05, 3.63) is 24.3 Å². The normalized spacial score (nSPS) is 11.5. The molecule has 4 N–H and O–H groups in total. The molecule has 0 aliphatic heterocycles. The highest BCUT2D eigenvalue weighted by atomic mass is 16.5. The molecule has 0 saturated heterocycles. The molecule has 1 rings (SSSR count). The number of aliphatic carboxylic acids is 1. The SMILES string of the molecule is CCOc1ccccc1NC(=O)NC[C@H](O)C(=O)O. The molecule has 0 spiro atoms. The first-order valence-corrected chi connectivity index (χ1v) is 5.72. The van der Waals surface area contributed by atoms with E-state index in [4.69, 9.17) is 14.9 Å². The summed E-state index contributed by atoms with van der Waals surface area (Å²) in [5.41, 5.74) is 0.465. The number of aliphatic hydroxyl groups is 1. The fourth-order valence-electron chi connectivity index (χ4n) is 1.29. The van der Waals surface area contributed by atoms with Crippen molar-refractivity contribution in [2.75, 3.05) is 18.5 Å². The van der Waals surface area contributed by atoms with E-state index in [1.54, 1.807) is 24.3 Å². The van der Waals surface area contributed by atoms with Gasteiger partial charge in [-0.25, -0.2) is 9.59 Å². The molecule has 1 aromatic rings. The van der Waals surface area contributed by atoms with Gasteiger partial charge in [-0.05, 0) is 19.1 Å². The molecule has 0 fully saturated rings. The Morgan fingerprint density at radius 3 is 2.68 bits per heavy atom. The van der Waals surface area contributed by atoms with Crippen molar-refractivity contribution >= 4 is 17.7 Å². The molecule has 7 heteroatoms. The van der Waals surface area contributed by atoms with Gasteiger partial charge in [-0.2, -0.15) is 0 Å². The van der Waals surface area contributed by atoms with Gasteiger partial charge in [0.25, 0.3) is 0 Å². The van der Waals surface area contributed by atoms with E-state index in [-0.39, 0.29) is 6.54 Å². The van der Waals surface area contributed by atoms with Gasteiger partial charge in [0.15, 0.2) is 6.10 Å². The fourth-order valence-corrected chi connectivity index (χ4v) is 1.29. The minimum atomic E-state index is -1.63. The zero-order valence-corrected chi connectivity index (χ0v) is 10.4. The van der Waals surface area contributed by atoms with Gasteiger partial charge in [0.05, 0.1) is 18.8 Å². The van der Waals surface area contributed by atoms with Gasteiger partial charge in [0, 0.05) is 0 Å². The molecule has 1 atom stereocenters. The van der Waals surface area contributed by atoms with Crippen LogP contribution in [-0.2, 0) is 4.79 Å². The van der Waals surface area contributed by atoms with Gasteiger partial charge in [0.1, 0.15) is 5.75 Å². The number of para-hydroxylation sites is 2. The molecular weight excluding hydrogens is 252 g/mol. The largest absolute Gasteiger partial charge is 0.492 e. The van der Waals surface area contributed by atoms with E-state index < -0.39 is 18.1 Å². The molecule has 0 unspecified atom stereocenters. The topological polar surface area (TPSA) is 108 Å². The molecule has 0 radical (unpaired) electrons. The van der Waals surface area contributed by atoms with E-state index in [0.717, 1.165) is 0 Å². The maximum Gasteiger partial charge on any atom is 0.334 e. The molecule has 19 heavy (non-hydrogen) atoms. The van der Waals surface area contributed by atoms with E-state index >= 15 is 0 Å². The highest BCUT2D eigenvalue weighted by molar-refractivity contribution is 5.91. The molecule has 1 aromatic carbocycles. The zero-order valence-electron chi connectivity index (χ0n) is 10.4. The van der Waals surface area contributed by atoms with E-state index in [2.05, 4.69) is 10.6 Å². The smallest absolute Gasteiger partial charge is 0.334 e. The summed E-state index contributed by atoms with van der Waals surface area (Å²) >= 11 is 0. The lowest BCUT2D eigenvalue weighted by molar-refractivity contribution is -0.146. The summed E-state index contributed by atoms with van der Waals surface area (Å²) in [7, 11) is 0. The summed E-state index contributed by atoms with van der Waals surface area (Å²) < 4.78 is 5.32. The van der Waals surface area contributed by atoms with Crippen molar-refractivity contribution in [2.24, 2.45) is 0 Å². The minimum absolute atomic E-state index is 0.377. The number of anilines is 1. The van der Waals surface area contributed by atoms with Crippen LogP contribution in [0.25, 0.3) is 0 Å². The monoisotopic (exact) mass is 268 g/mol. The maximum atomic E-state index is 11.5. The lowest BCUT2D eigenvalue weighted by atomic mass is 10.3. The van der Waals surface area contributed by atoms with Gasteiger partial charge in [-0.1, -0.05) is 12.1 Å². The number of ether oxygens (including phenoxy) is 1. The number of carbonyl (C=O) groups excluding carboxylic acids is 1. The minimum Gasteiger partial charge on any atom is -0.492 e. The van der Waals surface area contributed by atoms with Gasteiger partial charge in [0.2, 0.25) is 0 Å². The summed E-state index contributed by atoms with van der Waals surface area (Å²) in [4.78, 5) is 21.9. The highest BCUT2D eigenvalue weighted by Crippen LogP contribution is 2.23. The summed E-state index contributed by atoms with van der Waals surface area (Å²) in [6.45, 7) is 1.90. The van der Waals surface area contributed by atoms with Gasteiger partial charge in [-0.3, -0.25) is 0 Å². The van der Waals surface area contributed by atoms with Crippen molar-refractivity contribution in [2.45, 2.75) is 13.0 Å². The molecule has 0 aliphatic rings. The van der Waals surface area contributed by atoms with Crippen molar-refractivity contribution in [3.8, 4) is 5.75 Å². The average molecular weight is 268 g/mol. The number of amides is 2. The number of nitrogens with one attached hydrogen (secondary N) is 2. The molecule has 0 heterocycles. The number of urea groups is 1. The van der Waals surface area contributed by atoms with Crippen molar-refractivity contribution < 1.29 is 24.5 Å². The third-order valence-corrected chi connectivity index (χ3v) is 2.18. The number of carbonyl (C=O) groups is 2. The highest BCUT2D eigenvalue weighted by Gasteiger charge is 2.14. The zero-order chi connectivity index (χ0) is 14.3. The van der Waals surface area contributed by atoms with Crippen LogP contribution >= 0.6 is 0 Å². The average Bonchev–Trinajstić information content (AvgIpc) is 2.38. The lowest BCUT2D eigenvalue weighted by Crippen LogP contribution is -2.38. The third kappa shape index (κ3) is 4.84. The number of carboxylic acid groups (broad SMARTS) is 1. The summed E-state index contributed by atoms with van der Waals surface area (Å²) in [6.07, 6.45) is -1.63. The Kier molecular flexibility index (Phi) is 5.62. The second kappa shape index (κ2) is 7.22. The molecular formula is C12H16N2O5. The van der Waals surface area contributed by atoms with Gasteiger partial charge in [-0.15, -0.1) is 0 Å². The molecule has 2 amide bonds. The summed E-state index contributed by atoms with van der Waals surface area (Å²) in [5, 5.41) is 22.2. The lowest BCUT2D eigenvalue weighted by Gasteiger charge is -2.12. The fraction of sp³-hybridized carbons (Fsp3) is 0.333. The first-order chi connectivity index (χ1) is 9.04. The van der Waals surface area contributed by atoms with Crippen LogP contribution in [0.3, 0.4) is 0 Å². The third-order valence-electron chi connectivity index (χ3n) is 2.18. The Morgan fingerprint density at radius 2 is 2.05 bits per heavy atom. The van der Waals surface area contributed by atoms with Gasteiger partial charge >= 0.3 is 12.0 Å². The van der Waals surface area contributed by atoms with E-state index in [1.807, 2.05) is 6.92 Å². The molecule has 0 aromatic heterocycles. The van der Waals surface area contributed by atoms with E-state index in [9.17, 15) is 9.59 Å². The van der Waals surface area contributed by atoms with Crippen LogP contribution in [-0.4, -0.2) is 41.5 Å². The summed E-state index contributed by atoms with van der Waals surface area (Å²) in [6, 6.07) is 6.23. The van der Waals surface area contributed by atoms with Crippen molar-refractivity contribution in [3.63, 3.8) is 0 Å². The standard InChI is InChI=1S/C12H16N2O5/c1-2-19-10-6-4-3-5-8(10)14-12(18)13-7-9(15)11(16)17/h3-6,9,15H,2,7H2,1H3,(H,16,17)(H2,13,14,18)/t9-/m0/s1. The Labute approximate surface area is 110 Å². The van der Waals surface area contributed by atoms with Crippen LogP contribution in [0, 0.1) is 0 Å². The maximum absolute atomic E-state index is 11.5. The predicted molar refractivity (Wildman–Crippen MR) is 68.3 cm³/mol. The predicted octanol–water partition coefficient (Wildman–Crippen LogP) is 0.652. The summed E-state index contributed by atoms with van der Waals surface area (Å²) in [5.74, 6) is -0.881. The number of aliphatic hydroxyl groups excluding tert-OH is 1. The van der Waals surface area contributed by atoms with Crippen LogP contribution in [0.5, 0.6) is 5.75 Å². The number of benzene rings is 1. The van der Waals surface area contributed by atoms with E-state index in [1.165, 1.54) is 0 Å². The molecule has 0 saturated carbocycles. The van der Waals surface area contributed by atoms with Crippen LogP contribution < -0.4 is 15.4 Å². The molecule has 104 valence electrons. The number of hydrogen-bond donors (Lipinski definition) is 4. The molecule has 0 bridgehead atoms. The van der Waals surface area contributed by atoms with Crippen molar-refractivity contribution in [1.82, 2.24) is 5.32 Å². The van der Waals surface area contributed by atoms with Gasteiger partial charge < -0.3 is 25.6 Å². The van der Waals surface area contributed by atoms with Crippen LogP contribution in [0.4, 0.5) is 10.5 Å². The van der Waals surface area contributed by atoms with Crippen LogP contribution in [0.15, 0.2) is 24.3 Å². The van der Waals surface area contributed by atoms with E-state index in [0.29, 0.717) is 18.0 Å². The second-order valence-electron chi connectivity index (χ2n) is 3.62. The van der Waals surface area contributed by atoms with Crippen LogP contribution in [0.2, 0.25) is 0 Å². The quantitative estimate of drug-likeness (QED) is 0.606. The Hall–Kier alpha value is -2.28.